The van der Waals surface area contributed by atoms with E-state index in [-0.39, 0.29) is 41.0 Å². The van der Waals surface area contributed by atoms with E-state index in [1.807, 2.05) is 42.2 Å². The minimum absolute atomic E-state index is 0.169. The van der Waals surface area contributed by atoms with Crippen LogP contribution in [0.3, 0.4) is 0 Å². The van der Waals surface area contributed by atoms with Crippen LogP contribution in [-0.2, 0) is 20.9 Å². The molecule has 1 atom stereocenters. The third kappa shape index (κ3) is 10.3. The summed E-state index contributed by atoms with van der Waals surface area (Å²) < 4.78 is 36.8. The summed E-state index contributed by atoms with van der Waals surface area (Å²) in [5, 5.41) is 19.8. The van der Waals surface area contributed by atoms with Gasteiger partial charge >= 0.3 is 0 Å². The van der Waals surface area contributed by atoms with Crippen LogP contribution in [0, 0.1) is 34.3 Å². The number of amides is 5. The molecule has 8 heterocycles. The number of nitriles is 1. The van der Waals surface area contributed by atoms with Gasteiger partial charge in [-0.25, -0.2) is 18.3 Å². The fourth-order valence-corrected chi connectivity index (χ4v) is 13.1. The van der Waals surface area contributed by atoms with E-state index < -0.39 is 35.0 Å². The summed E-state index contributed by atoms with van der Waals surface area (Å²) in [4.78, 5) is 78.4. The van der Waals surface area contributed by atoms with E-state index in [0.717, 1.165) is 111 Å². The molecule has 16 nitrogen and oxygen atoms in total. The number of anilines is 1. The fourth-order valence-electron chi connectivity index (χ4n) is 13.1. The van der Waals surface area contributed by atoms with Crippen molar-refractivity contribution >= 4 is 40.9 Å². The normalized spacial score (nSPS) is 21.2. The first-order valence-electron chi connectivity index (χ1n) is 27.1. The van der Waals surface area contributed by atoms with E-state index >= 15 is 4.39 Å². The summed E-state index contributed by atoms with van der Waals surface area (Å²) in [6, 6.07) is 16.4. The van der Waals surface area contributed by atoms with E-state index in [1.165, 1.54) is 6.20 Å². The largest absolute Gasteiger partial charge is 0.492 e. The molecular formula is C58H64F2N10O6. The summed E-state index contributed by atoms with van der Waals surface area (Å²) in [6.45, 7) is 7.53. The van der Waals surface area contributed by atoms with Crippen molar-refractivity contribution in [2.24, 2.45) is 11.3 Å². The molecule has 11 rings (SSSR count). The first-order valence-corrected chi connectivity index (χ1v) is 27.1. The molecule has 1 spiro atoms. The summed E-state index contributed by atoms with van der Waals surface area (Å²) in [7, 11) is 0. The number of benzene rings is 2. The van der Waals surface area contributed by atoms with Crippen molar-refractivity contribution in [3.63, 3.8) is 0 Å². The lowest BCUT2D eigenvalue weighted by Crippen LogP contribution is -2.61. The average Bonchev–Trinajstić information content (AvgIpc) is 4.00. The SMILES string of the molecule is CCOc1cc(-c2ccc(N3CCC(CN4CCC5(CCC(CC(=O)N6CCC(c7ccc8c(c7)C(=O)N(C7CCC(=O)NC7=O)C8)CC6)CC5)CC4)(NC(=O)c4cc(F)ccc4F)CC3)nc2)c2c(C#N)cnn2c1. The highest BCUT2D eigenvalue weighted by Crippen LogP contribution is 2.48. The van der Waals surface area contributed by atoms with Crippen LogP contribution in [0.2, 0.25) is 0 Å². The second kappa shape index (κ2) is 21.0. The Morgan fingerprint density at radius 2 is 1.64 bits per heavy atom. The van der Waals surface area contributed by atoms with Gasteiger partial charge in [0, 0.05) is 75.0 Å². The first kappa shape index (κ1) is 50.9. The van der Waals surface area contributed by atoms with Gasteiger partial charge in [0.15, 0.2) is 0 Å². The highest BCUT2D eigenvalue weighted by molar-refractivity contribution is 6.05. The number of halogens is 2. The first-order chi connectivity index (χ1) is 36.8. The summed E-state index contributed by atoms with van der Waals surface area (Å²) in [6.07, 6.45) is 15.2. The molecule has 6 aliphatic rings. The molecule has 1 aliphatic carbocycles. The summed E-state index contributed by atoms with van der Waals surface area (Å²) in [5.41, 5.74) is 4.49. The van der Waals surface area contributed by atoms with Gasteiger partial charge in [0.2, 0.25) is 17.7 Å². The molecule has 4 saturated heterocycles. The monoisotopic (exact) mass is 1030 g/mol. The number of hydrogen-bond donors (Lipinski definition) is 2. The molecule has 5 amide bonds. The predicted molar refractivity (Wildman–Crippen MR) is 278 cm³/mol. The zero-order valence-corrected chi connectivity index (χ0v) is 43.0. The Balaban J connectivity index is 0.677. The molecule has 396 valence electrons. The number of likely N-dealkylation sites (tertiary alicyclic amines) is 2. The van der Waals surface area contributed by atoms with Gasteiger partial charge in [-0.05, 0) is 161 Å². The summed E-state index contributed by atoms with van der Waals surface area (Å²) in [5.74, 6) is -0.775. The zero-order valence-electron chi connectivity index (χ0n) is 43.0. The number of ether oxygens (including phenoxy) is 1. The maximum Gasteiger partial charge on any atom is 0.255 e. The van der Waals surface area contributed by atoms with Gasteiger partial charge in [0.05, 0.1) is 41.2 Å². The molecule has 18 heteroatoms. The van der Waals surface area contributed by atoms with Crippen molar-refractivity contribution in [2.75, 3.05) is 57.3 Å². The lowest BCUT2D eigenvalue weighted by molar-refractivity contribution is -0.137. The van der Waals surface area contributed by atoms with Gasteiger partial charge in [-0.2, -0.15) is 10.4 Å². The molecule has 3 aromatic heterocycles. The third-order valence-electron chi connectivity index (χ3n) is 17.6. The molecule has 76 heavy (non-hydrogen) atoms. The van der Waals surface area contributed by atoms with Gasteiger partial charge in [-0.15, -0.1) is 0 Å². The smallest absolute Gasteiger partial charge is 0.255 e. The number of piperidine rings is 4. The van der Waals surface area contributed by atoms with Crippen molar-refractivity contribution in [2.45, 2.75) is 114 Å². The van der Waals surface area contributed by atoms with E-state index in [1.54, 1.807) is 21.8 Å². The Hall–Kier alpha value is -7.26. The van der Waals surface area contributed by atoms with Crippen molar-refractivity contribution in [3.8, 4) is 22.9 Å². The Morgan fingerprint density at radius 1 is 0.868 bits per heavy atom. The van der Waals surface area contributed by atoms with Gasteiger partial charge in [-0.3, -0.25) is 29.3 Å². The van der Waals surface area contributed by atoms with Crippen LogP contribution in [0.1, 0.15) is 134 Å². The Kier molecular flexibility index (Phi) is 14.1. The summed E-state index contributed by atoms with van der Waals surface area (Å²) >= 11 is 0. The van der Waals surface area contributed by atoms with Crippen molar-refractivity contribution in [1.29, 1.82) is 5.26 Å². The maximum atomic E-state index is 15.0. The van der Waals surface area contributed by atoms with Crippen LogP contribution in [0.25, 0.3) is 16.6 Å². The quantitative estimate of drug-likeness (QED) is 0.118. The second-order valence-electron chi connectivity index (χ2n) is 22.1. The third-order valence-corrected chi connectivity index (χ3v) is 17.6. The molecule has 2 aromatic carbocycles. The Morgan fingerprint density at radius 3 is 2.36 bits per heavy atom. The van der Waals surface area contributed by atoms with Crippen LogP contribution in [0.4, 0.5) is 14.6 Å². The van der Waals surface area contributed by atoms with Gasteiger partial charge in [0.1, 0.15) is 35.3 Å². The minimum atomic E-state index is -0.770. The standard InChI is InChI=1S/C58H64F2N10O6/c1-2-76-44-30-45(53-42(31-61)33-63-70(53)35-44)40-5-9-50(62-32-40)67-25-19-58(20-26-67,65-54(73)47-29-43(59)6-7-48(47)60)36-66-23-17-57(18-24-66)15-11-37(12-16-57)27-52(72)68-21-13-38(14-22-68)39-3-4-41-34-69(56(75)46(41)28-39)49-8-10-51(71)64-55(49)74/h3-7,9,28-30,32-33,35,37-38,49H,2,8,10-27,34,36H2,1H3,(H,65,73)(H,64,71,74). The zero-order chi connectivity index (χ0) is 52.7. The molecule has 1 saturated carbocycles. The molecule has 5 aromatic rings. The molecule has 2 N–H and O–H groups in total. The Labute approximate surface area is 440 Å². The predicted octanol–water partition coefficient (Wildman–Crippen LogP) is 7.54. The van der Waals surface area contributed by atoms with Crippen molar-refractivity contribution in [3.05, 3.63) is 113 Å². The fraction of sp³-hybridized carbons (Fsp3) is 0.483. The number of nitrogens with one attached hydrogen (secondary N) is 2. The van der Waals surface area contributed by atoms with Crippen LogP contribution >= 0.6 is 0 Å². The number of rotatable bonds is 12. The van der Waals surface area contributed by atoms with Crippen LogP contribution in [0.15, 0.2) is 73.2 Å². The number of carbonyl (C=O) groups excluding carboxylic acids is 5. The van der Waals surface area contributed by atoms with Crippen LogP contribution < -0.4 is 20.3 Å². The highest BCUT2D eigenvalue weighted by Gasteiger charge is 2.44. The van der Waals surface area contributed by atoms with Gasteiger partial charge in [0.25, 0.3) is 11.8 Å². The van der Waals surface area contributed by atoms with E-state index in [4.69, 9.17) is 9.72 Å². The molecule has 5 aliphatic heterocycles. The van der Waals surface area contributed by atoms with E-state index in [0.29, 0.717) is 99.9 Å². The lowest BCUT2D eigenvalue weighted by Gasteiger charge is -2.50. The van der Waals surface area contributed by atoms with Crippen molar-refractivity contribution in [1.82, 2.24) is 39.9 Å². The molecule has 0 radical (unpaired) electrons. The number of carbonyl (C=O) groups is 5. The number of nitrogens with zero attached hydrogens (tertiary/aromatic N) is 8. The molecular weight excluding hydrogens is 971 g/mol. The minimum Gasteiger partial charge on any atom is -0.492 e. The Bertz CT molecular complexity index is 3100. The number of imide groups is 1. The lowest BCUT2D eigenvalue weighted by atomic mass is 9.65. The number of fused-ring (bicyclic) bond motifs is 2. The topological polar surface area (TPSA) is 186 Å². The second-order valence-corrected chi connectivity index (χ2v) is 22.1. The van der Waals surface area contributed by atoms with Gasteiger partial charge in [-0.1, -0.05) is 12.1 Å². The number of pyridine rings is 2. The van der Waals surface area contributed by atoms with Crippen LogP contribution in [0.5, 0.6) is 5.75 Å². The maximum absolute atomic E-state index is 15.0. The average molecular weight is 1040 g/mol. The molecule has 0 bridgehead atoms. The number of aromatic nitrogens is 3. The van der Waals surface area contributed by atoms with Crippen molar-refractivity contribution < 1.29 is 37.5 Å². The molecule has 1 unspecified atom stereocenters. The molecule has 5 fully saturated rings. The highest BCUT2D eigenvalue weighted by atomic mass is 19.1. The van der Waals surface area contributed by atoms with Crippen LogP contribution in [-0.4, -0.2) is 123 Å². The number of hydrogen-bond acceptors (Lipinski definition) is 11. The van der Waals surface area contributed by atoms with E-state index in [2.05, 4.69) is 37.7 Å². The van der Waals surface area contributed by atoms with Gasteiger partial charge < -0.3 is 29.7 Å². The van der Waals surface area contributed by atoms with E-state index in [9.17, 15) is 33.6 Å².